The molecule has 8 nitrogen and oxygen atoms in total. The minimum atomic E-state index is -0.599. The number of aryl methyl sites for hydroxylation is 2. The Hall–Kier alpha value is -2.64. The van der Waals surface area contributed by atoms with Gasteiger partial charge in [0.25, 0.3) is 0 Å². The summed E-state index contributed by atoms with van der Waals surface area (Å²) >= 11 is 0. The largest absolute Gasteiger partial charge is 0.378 e. The second-order valence-electron chi connectivity index (χ2n) is 4.92. The molecule has 2 heterocycles. The van der Waals surface area contributed by atoms with Crippen LogP contribution < -0.4 is 11.1 Å². The Labute approximate surface area is 122 Å². The predicted molar refractivity (Wildman–Crippen MR) is 79.9 cm³/mol. The molecular formula is C13H18N6O2. The fourth-order valence-corrected chi connectivity index (χ4v) is 2.01. The van der Waals surface area contributed by atoms with Gasteiger partial charge in [0.15, 0.2) is 0 Å². The van der Waals surface area contributed by atoms with E-state index >= 15 is 0 Å². The molecule has 0 aromatic carbocycles. The van der Waals surface area contributed by atoms with E-state index in [1.54, 1.807) is 0 Å². The average Bonchev–Trinajstić information content (AvgIpc) is 2.81. The van der Waals surface area contributed by atoms with Gasteiger partial charge < -0.3 is 15.6 Å². The van der Waals surface area contributed by atoms with Gasteiger partial charge in [-0.15, -0.1) is 0 Å². The third-order valence-corrected chi connectivity index (χ3v) is 3.25. The number of hydrogen-bond donors (Lipinski definition) is 2. The number of rotatable bonds is 6. The Morgan fingerprint density at radius 1 is 1.57 bits per heavy atom. The van der Waals surface area contributed by atoms with Crippen molar-refractivity contribution < 1.29 is 4.92 Å². The Balaban J connectivity index is 1.93. The van der Waals surface area contributed by atoms with Crippen LogP contribution in [0.15, 0.2) is 24.5 Å². The average molecular weight is 290 g/mol. The monoisotopic (exact) mass is 290 g/mol. The molecule has 0 amide bonds. The topological polar surface area (TPSA) is 112 Å². The molecular weight excluding hydrogens is 272 g/mol. The summed E-state index contributed by atoms with van der Waals surface area (Å²) in [5.74, 6) is 0.171. The van der Waals surface area contributed by atoms with Crippen LogP contribution in [0.25, 0.3) is 0 Å². The fourth-order valence-electron chi connectivity index (χ4n) is 2.01. The molecule has 8 heteroatoms. The van der Waals surface area contributed by atoms with Gasteiger partial charge in [-0.2, -0.15) is 4.98 Å². The molecule has 1 atom stereocenters. The van der Waals surface area contributed by atoms with E-state index in [-0.39, 0.29) is 17.5 Å². The fraction of sp³-hybridized carbons (Fsp3) is 0.385. The lowest BCUT2D eigenvalue weighted by Gasteiger charge is -2.14. The van der Waals surface area contributed by atoms with E-state index < -0.39 is 4.92 Å². The van der Waals surface area contributed by atoms with Crippen LogP contribution in [0.1, 0.15) is 19.0 Å². The van der Waals surface area contributed by atoms with E-state index in [2.05, 4.69) is 25.9 Å². The molecule has 0 fully saturated rings. The van der Waals surface area contributed by atoms with Crippen molar-refractivity contribution >= 4 is 17.5 Å². The van der Waals surface area contributed by atoms with Crippen LogP contribution in [-0.4, -0.2) is 25.5 Å². The molecule has 2 aromatic heterocycles. The number of nitro groups is 1. The zero-order valence-corrected chi connectivity index (χ0v) is 12.0. The molecule has 112 valence electrons. The summed E-state index contributed by atoms with van der Waals surface area (Å²) in [7, 11) is 2.01. The van der Waals surface area contributed by atoms with Crippen LogP contribution >= 0.6 is 0 Å². The summed E-state index contributed by atoms with van der Waals surface area (Å²) in [6.07, 6.45) is 4.93. The Morgan fingerprint density at radius 3 is 2.90 bits per heavy atom. The number of aromatic nitrogens is 3. The Morgan fingerprint density at radius 2 is 2.33 bits per heavy atom. The van der Waals surface area contributed by atoms with Crippen molar-refractivity contribution in [1.29, 1.82) is 0 Å². The van der Waals surface area contributed by atoms with E-state index in [1.807, 2.05) is 26.2 Å². The normalized spacial score (nSPS) is 12.1. The molecule has 0 radical (unpaired) electrons. The van der Waals surface area contributed by atoms with Gasteiger partial charge >= 0.3 is 5.69 Å². The molecule has 0 saturated carbocycles. The summed E-state index contributed by atoms with van der Waals surface area (Å²) in [5.41, 5.74) is 6.50. The number of nitrogen functional groups attached to an aromatic ring is 1. The van der Waals surface area contributed by atoms with E-state index in [0.29, 0.717) is 5.95 Å². The van der Waals surface area contributed by atoms with E-state index in [9.17, 15) is 10.1 Å². The molecule has 2 aromatic rings. The molecule has 0 saturated heterocycles. The van der Waals surface area contributed by atoms with Crippen molar-refractivity contribution in [2.45, 2.75) is 25.8 Å². The van der Waals surface area contributed by atoms with Crippen LogP contribution in [0, 0.1) is 10.1 Å². The highest BCUT2D eigenvalue weighted by Gasteiger charge is 2.15. The summed E-state index contributed by atoms with van der Waals surface area (Å²) in [5, 5.41) is 13.7. The van der Waals surface area contributed by atoms with Crippen LogP contribution in [-0.2, 0) is 13.5 Å². The van der Waals surface area contributed by atoms with Gasteiger partial charge in [-0.1, -0.05) is 0 Å². The quantitative estimate of drug-likeness (QED) is 0.619. The number of nitrogens with zero attached hydrogens (tertiary/aromatic N) is 4. The highest BCUT2D eigenvalue weighted by atomic mass is 16.6. The molecule has 0 unspecified atom stereocenters. The van der Waals surface area contributed by atoms with Gasteiger partial charge in [0.2, 0.25) is 11.8 Å². The molecule has 2 rings (SSSR count). The van der Waals surface area contributed by atoms with Crippen molar-refractivity contribution in [3.05, 3.63) is 40.3 Å². The van der Waals surface area contributed by atoms with E-state index in [0.717, 1.165) is 19.0 Å². The first-order valence-corrected chi connectivity index (χ1v) is 6.61. The second kappa shape index (κ2) is 6.21. The van der Waals surface area contributed by atoms with E-state index in [4.69, 9.17) is 5.73 Å². The van der Waals surface area contributed by atoms with Gasteiger partial charge in [0.1, 0.15) is 6.20 Å². The molecule has 0 aliphatic rings. The lowest BCUT2D eigenvalue weighted by atomic mass is 10.1. The number of anilines is 2. The first kappa shape index (κ1) is 14.8. The summed E-state index contributed by atoms with van der Waals surface area (Å²) in [6, 6.07) is 4.21. The van der Waals surface area contributed by atoms with Gasteiger partial charge in [0, 0.05) is 25.0 Å². The zero-order chi connectivity index (χ0) is 15.4. The van der Waals surface area contributed by atoms with Crippen LogP contribution in [0.4, 0.5) is 17.5 Å². The van der Waals surface area contributed by atoms with Gasteiger partial charge in [-0.3, -0.25) is 10.1 Å². The summed E-state index contributed by atoms with van der Waals surface area (Å²) in [6.45, 7) is 2.00. The van der Waals surface area contributed by atoms with Gasteiger partial charge in [-0.25, -0.2) is 4.98 Å². The summed E-state index contributed by atoms with van der Waals surface area (Å²) < 4.78 is 2.08. The maximum absolute atomic E-state index is 10.6. The number of nitrogens with one attached hydrogen (secondary N) is 1. The second-order valence-corrected chi connectivity index (χ2v) is 4.92. The third kappa shape index (κ3) is 3.68. The molecule has 0 spiro atoms. The van der Waals surface area contributed by atoms with Crippen molar-refractivity contribution in [3.63, 3.8) is 0 Å². The van der Waals surface area contributed by atoms with E-state index in [1.165, 1.54) is 5.69 Å². The Bertz CT molecular complexity index is 639. The number of nitrogens with two attached hydrogens (primary N) is 1. The maximum Gasteiger partial charge on any atom is 0.329 e. The minimum Gasteiger partial charge on any atom is -0.378 e. The first-order valence-electron chi connectivity index (χ1n) is 6.61. The summed E-state index contributed by atoms with van der Waals surface area (Å²) in [4.78, 5) is 17.9. The van der Waals surface area contributed by atoms with Gasteiger partial charge in [-0.05, 0) is 31.9 Å². The lowest BCUT2D eigenvalue weighted by molar-refractivity contribution is -0.384. The van der Waals surface area contributed by atoms with Crippen molar-refractivity contribution in [1.82, 2.24) is 14.5 Å². The molecule has 3 N–H and O–H groups in total. The van der Waals surface area contributed by atoms with Gasteiger partial charge in [0.05, 0.1) is 4.92 Å². The minimum absolute atomic E-state index is 0.126. The van der Waals surface area contributed by atoms with Crippen molar-refractivity contribution in [2.75, 3.05) is 11.1 Å². The third-order valence-electron chi connectivity index (χ3n) is 3.25. The SMILES string of the molecule is C[C@@H](CCc1cccn1C)Nc1ncc([N+](=O)[O-])c(N)n1. The number of hydrogen-bond acceptors (Lipinski definition) is 6. The maximum atomic E-state index is 10.6. The van der Waals surface area contributed by atoms with Crippen molar-refractivity contribution in [2.24, 2.45) is 7.05 Å². The molecule has 21 heavy (non-hydrogen) atoms. The van der Waals surface area contributed by atoms with Crippen molar-refractivity contribution in [3.8, 4) is 0 Å². The Kier molecular flexibility index (Phi) is 4.36. The zero-order valence-electron chi connectivity index (χ0n) is 12.0. The smallest absolute Gasteiger partial charge is 0.329 e. The van der Waals surface area contributed by atoms with Crippen LogP contribution in [0.5, 0.6) is 0 Å². The molecule has 0 aliphatic carbocycles. The van der Waals surface area contributed by atoms with Crippen LogP contribution in [0.2, 0.25) is 0 Å². The predicted octanol–water partition coefficient (Wildman–Crippen LogP) is 1.74. The highest BCUT2D eigenvalue weighted by molar-refractivity contribution is 5.53. The standard InChI is InChI=1S/C13H18N6O2/c1-9(5-6-10-4-3-7-18(10)2)16-13-15-8-11(19(20)21)12(14)17-13/h3-4,7-9H,5-6H2,1-2H3,(H3,14,15,16,17)/t9-/m0/s1. The first-order chi connectivity index (χ1) is 9.97. The highest BCUT2D eigenvalue weighted by Crippen LogP contribution is 2.19. The van der Waals surface area contributed by atoms with Crippen LogP contribution in [0.3, 0.4) is 0 Å². The lowest BCUT2D eigenvalue weighted by Crippen LogP contribution is -2.19. The molecule has 0 bridgehead atoms. The molecule has 0 aliphatic heterocycles.